The second-order valence-corrected chi connectivity index (χ2v) is 9.81. The highest BCUT2D eigenvalue weighted by atomic mass is 35.6. The van der Waals surface area contributed by atoms with Crippen LogP contribution in [0.5, 0.6) is 5.75 Å². The van der Waals surface area contributed by atoms with E-state index in [2.05, 4.69) is 16.0 Å². The molecule has 3 aromatic carbocycles. The van der Waals surface area contributed by atoms with Crippen molar-refractivity contribution in [2.75, 3.05) is 12.4 Å². The number of benzene rings is 3. The highest BCUT2D eigenvalue weighted by Gasteiger charge is 2.36. The zero-order valence-corrected chi connectivity index (χ0v) is 20.7. The number of hydrogen-bond donors (Lipinski definition) is 3. The predicted molar refractivity (Wildman–Crippen MR) is 139 cm³/mol. The molecule has 1 amide bonds. The molecule has 0 heterocycles. The molecule has 0 fully saturated rings. The van der Waals surface area contributed by atoms with E-state index in [1.54, 1.807) is 19.2 Å². The summed E-state index contributed by atoms with van der Waals surface area (Å²) in [6, 6.07) is 26.0. The zero-order valence-electron chi connectivity index (χ0n) is 17.6. The van der Waals surface area contributed by atoms with Crippen LogP contribution in [0.15, 0.2) is 84.9 Å². The molecule has 33 heavy (non-hydrogen) atoms. The van der Waals surface area contributed by atoms with Gasteiger partial charge in [0.1, 0.15) is 11.9 Å². The van der Waals surface area contributed by atoms with Gasteiger partial charge < -0.3 is 20.7 Å². The molecule has 5 nitrogen and oxygen atoms in total. The van der Waals surface area contributed by atoms with Crippen LogP contribution in [0.4, 0.5) is 5.69 Å². The van der Waals surface area contributed by atoms with E-state index < -0.39 is 15.9 Å². The minimum atomic E-state index is -1.89. The minimum Gasteiger partial charge on any atom is -0.495 e. The van der Waals surface area contributed by atoms with Crippen molar-refractivity contribution in [1.29, 1.82) is 0 Å². The van der Waals surface area contributed by atoms with Crippen molar-refractivity contribution in [2.45, 2.75) is 15.9 Å². The van der Waals surface area contributed by atoms with Crippen LogP contribution in [-0.4, -0.2) is 28.1 Å². The van der Waals surface area contributed by atoms with Gasteiger partial charge in [-0.1, -0.05) is 108 Å². The van der Waals surface area contributed by atoms with E-state index in [-0.39, 0.29) is 11.0 Å². The number of halogens is 3. The molecule has 172 valence electrons. The Morgan fingerprint density at radius 2 is 1.36 bits per heavy atom. The molecule has 0 aliphatic rings. The molecule has 0 aromatic heterocycles. The molecule has 0 aliphatic heterocycles. The SMILES string of the molecule is COc1ccccc1NC(=S)NC(NC(=O)C(c1ccccc1)c1ccccc1)C(Cl)(Cl)Cl. The molecule has 9 heteroatoms. The van der Waals surface area contributed by atoms with Crippen molar-refractivity contribution in [3.63, 3.8) is 0 Å². The molecule has 1 atom stereocenters. The lowest BCUT2D eigenvalue weighted by atomic mass is 9.90. The van der Waals surface area contributed by atoms with Crippen LogP contribution in [-0.2, 0) is 4.79 Å². The first kappa shape index (κ1) is 25.1. The fraction of sp³-hybridized carbons (Fsp3) is 0.167. The Bertz CT molecular complexity index is 1040. The number of thiocarbonyl (C=S) groups is 1. The number of anilines is 1. The van der Waals surface area contributed by atoms with Gasteiger partial charge in [0.05, 0.1) is 18.7 Å². The molecular weight excluding hydrogens is 501 g/mol. The van der Waals surface area contributed by atoms with Crippen molar-refractivity contribution in [3.8, 4) is 5.75 Å². The molecule has 3 aromatic rings. The van der Waals surface area contributed by atoms with Crippen LogP contribution in [0.25, 0.3) is 0 Å². The standard InChI is InChI=1S/C24H22Cl3N3O2S/c1-32-19-15-9-8-14-18(19)28-23(33)30-22(24(25,26)27)29-21(31)20(16-10-4-2-5-11-16)17-12-6-3-7-13-17/h2-15,20,22H,1H3,(H,29,31)(H2,28,30,33). The number of alkyl halides is 3. The number of carbonyl (C=O) groups excluding carboxylic acids is 1. The van der Waals surface area contributed by atoms with Gasteiger partial charge in [0, 0.05) is 0 Å². The maximum absolute atomic E-state index is 13.4. The number of ether oxygens (including phenoxy) is 1. The van der Waals surface area contributed by atoms with Crippen molar-refractivity contribution >= 4 is 63.7 Å². The van der Waals surface area contributed by atoms with Gasteiger partial charge in [-0.05, 0) is 35.5 Å². The van der Waals surface area contributed by atoms with Gasteiger partial charge in [0.25, 0.3) is 0 Å². The molecule has 1 unspecified atom stereocenters. The van der Waals surface area contributed by atoms with Crippen LogP contribution in [0, 0.1) is 0 Å². The van der Waals surface area contributed by atoms with E-state index in [0.29, 0.717) is 11.4 Å². The minimum absolute atomic E-state index is 0.145. The number of rotatable bonds is 7. The maximum Gasteiger partial charge on any atom is 0.233 e. The van der Waals surface area contributed by atoms with E-state index >= 15 is 0 Å². The quantitative estimate of drug-likeness (QED) is 0.213. The summed E-state index contributed by atoms with van der Waals surface area (Å²) < 4.78 is 3.43. The van der Waals surface area contributed by atoms with Crippen LogP contribution in [0.1, 0.15) is 17.0 Å². The summed E-state index contributed by atoms with van der Waals surface area (Å²) in [5.41, 5.74) is 2.23. The van der Waals surface area contributed by atoms with Gasteiger partial charge in [-0.2, -0.15) is 0 Å². The predicted octanol–water partition coefficient (Wildman–Crippen LogP) is 5.63. The second kappa shape index (κ2) is 11.6. The summed E-state index contributed by atoms with van der Waals surface area (Å²) in [4.78, 5) is 13.4. The molecule has 0 saturated carbocycles. The van der Waals surface area contributed by atoms with Gasteiger partial charge in [-0.15, -0.1) is 0 Å². The van der Waals surface area contributed by atoms with Crippen molar-refractivity contribution in [2.24, 2.45) is 0 Å². The topological polar surface area (TPSA) is 62.4 Å². The van der Waals surface area contributed by atoms with Gasteiger partial charge >= 0.3 is 0 Å². The van der Waals surface area contributed by atoms with Gasteiger partial charge in [-0.25, -0.2) is 0 Å². The Balaban J connectivity index is 1.81. The summed E-state index contributed by atoms with van der Waals surface area (Å²) in [5, 5.41) is 8.82. The molecule has 0 saturated heterocycles. The largest absolute Gasteiger partial charge is 0.495 e. The number of para-hydroxylation sites is 2. The average Bonchev–Trinajstić information content (AvgIpc) is 2.80. The summed E-state index contributed by atoms with van der Waals surface area (Å²) in [5.74, 6) is -0.375. The third kappa shape index (κ3) is 6.98. The first-order chi connectivity index (χ1) is 15.8. The van der Waals surface area contributed by atoms with Crippen LogP contribution in [0.2, 0.25) is 0 Å². The Morgan fingerprint density at radius 1 is 0.848 bits per heavy atom. The zero-order chi connectivity index (χ0) is 23.8. The summed E-state index contributed by atoms with van der Waals surface area (Å²) in [7, 11) is 1.55. The second-order valence-electron chi connectivity index (χ2n) is 7.04. The van der Waals surface area contributed by atoms with E-state index in [9.17, 15) is 4.79 Å². The monoisotopic (exact) mass is 521 g/mol. The van der Waals surface area contributed by atoms with E-state index in [0.717, 1.165) is 11.1 Å². The summed E-state index contributed by atoms with van der Waals surface area (Å²) in [6.07, 6.45) is -1.11. The Hall–Kier alpha value is -2.51. The average molecular weight is 523 g/mol. The fourth-order valence-corrected chi connectivity index (χ4v) is 3.80. The lowest BCUT2D eigenvalue weighted by Gasteiger charge is -2.30. The number of carbonyl (C=O) groups is 1. The van der Waals surface area contributed by atoms with E-state index in [4.69, 9.17) is 51.8 Å². The van der Waals surface area contributed by atoms with Gasteiger partial charge in [0.2, 0.25) is 9.70 Å². The highest BCUT2D eigenvalue weighted by molar-refractivity contribution is 7.80. The molecular formula is C24H22Cl3N3O2S. The lowest BCUT2D eigenvalue weighted by Crippen LogP contribution is -2.57. The van der Waals surface area contributed by atoms with Crippen LogP contribution >= 0.6 is 47.0 Å². The smallest absolute Gasteiger partial charge is 0.233 e. The number of amides is 1. The molecule has 0 radical (unpaired) electrons. The molecule has 0 spiro atoms. The normalized spacial score (nSPS) is 12.0. The Labute approximate surface area is 213 Å². The number of hydrogen-bond acceptors (Lipinski definition) is 3. The third-order valence-electron chi connectivity index (χ3n) is 4.77. The fourth-order valence-electron chi connectivity index (χ4n) is 3.25. The molecule has 0 aliphatic carbocycles. The third-order valence-corrected chi connectivity index (χ3v) is 5.65. The van der Waals surface area contributed by atoms with Gasteiger partial charge in [0.15, 0.2) is 5.11 Å². The maximum atomic E-state index is 13.4. The van der Waals surface area contributed by atoms with Crippen molar-refractivity contribution < 1.29 is 9.53 Å². The molecule has 3 rings (SSSR count). The Morgan fingerprint density at radius 3 is 1.88 bits per heavy atom. The molecule has 3 N–H and O–H groups in total. The summed E-state index contributed by atoms with van der Waals surface area (Å²) in [6.45, 7) is 0. The number of methoxy groups -OCH3 is 1. The van der Waals surface area contributed by atoms with Crippen LogP contribution < -0.4 is 20.7 Å². The van der Waals surface area contributed by atoms with Crippen molar-refractivity contribution in [3.05, 3.63) is 96.1 Å². The number of nitrogens with one attached hydrogen (secondary N) is 3. The van der Waals surface area contributed by atoms with Crippen LogP contribution in [0.3, 0.4) is 0 Å². The van der Waals surface area contributed by atoms with Gasteiger partial charge in [-0.3, -0.25) is 4.79 Å². The Kier molecular flexibility index (Phi) is 8.80. The summed E-state index contributed by atoms with van der Waals surface area (Å²) >= 11 is 24.0. The first-order valence-electron chi connectivity index (χ1n) is 9.97. The van der Waals surface area contributed by atoms with E-state index in [1.165, 1.54) is 0 Å². The first-order valence-corrected chi connectivity index (χ1v) is 11.5. The van der Waals surface area contributed by atoms with Crippen molar-refractivity contribution in [1.82, 2.24) is 10.6 Å². The highest BCUT2D eigenvalue weighted by Crippen LogP contribution is 2.31. The van der Waals surface area contributed by atoms with E-state index in [1.807, 2.05) is 72.8 Å². The molecule has 0 bridgehead atoms. The lowest BCUT2D eigenvalue weighted by molar-refractivity contribution is -0.122.